The third kappa shape index (κ3) is 2.96. The van der Waals surface area contributed by atoms with Crippen molar-refractivity contribution in [3.63, 3.8) is 0 Å². The minimum atomic E-state index is 0.0328. The van der Waals surface area contributed by atoms with Gasteiger partial charge in [0.15, 0.2) is 0 Å². The zero-order chi connectivity index (χ0) is 19.1. The van der Waals surface area contributed by atoms with Crippen molar-refractivity contribution in [2.45, 2.75) is 31.8 Å². The van der Waals surface area contributed by atoms with E-state index >= 15 is 0 Å². The minimum absolute atomic E-state index is 0.0328. The monoisotopic (exact) mass is 380 g/mol. The summed E-state index contributed by atoms with van der Waals surface area (Å²) in [5, 5.41) is 11.0. The SMILES string of the molecule is O=C(Cn1cnnn1)N1C[C@H]2CN(C(=O)C3CCC3)[C@H](c3ccccc3)[C@H]2C1. The maximum Gasteiger partial charge on any atom is 0.244 e. The van der Waals surface area contributed by atoms with E-state index in [2.05, 4.69) is 32.6 Å². The number of fused-ring (bicyclic) bond motifs is 1. The van der Waals surface area contributed by atoms with Gasteiger partial charge in [0.1, 0.15) is 12.9 Å². The van der Waals surface area contributed by atoms with Gasteiger partial charge in [-0.1, -0.05) is 36.8 Å². The molecule has 3 aliphatic rings. The van der Waals surface area contributed by atoms with E-state index in [1.807, 2.05) is 23.1 Å². The van der Waals surface area contributed by atoms with Crippen molar-refractivity contribution in [1.29, 1.82) is 0 Å². The number of carbonyl (C=O) groups is 2. The maximum atomic E-state index is 13.1. The largest absolute Gasteiger partial charge is 0.340 e. The molecule has 2 aliphatic heterocycles. The number of aromatic nitrogens is 4. The van der Waals surface area contributed by atoms with E-state index in [-0.39, 0.29) is 30.3 Å². The third-order valence-electron chi connectivity index (χ3n) is 6.58. The summed E-state index contributed by atoms with van der Waals surface area (Å²) in [7, 11) is 0. The van der Waals surface area contributed by atoms with Crippen molar-refractivity contribution in [1.82, 2.24) is 30.0 Å². The number of hydrogen-bond donors (Lipinski definition) is 0. The second-order valence-electron chi connectivity index (χ2n) is 8.20. The average Bonchev–Trinajstić information content (AvgIpc) is 3.36. The first-order chi connectivity index (χ1) is 13.7. The molecular weight excluding hydrogens is 356 g/mol. The highest BCUT2D eigenvalue weighted by molar-refractivity contribution is 5.81. The molecule has 1 aliphatic carbocycles. The Hall–Kier alpha value is -2.77. The lowest BCUT2D eigenvalue weighted by Crippen LogP contribution is -2.42. The Bertz CT molecular complexity index is 851. The molecule has 8 nitrogen and oxygen atoms in total. The van der Waals surface area contributed by atoms with Crippen molar-refractivity contribution in [3.05, 3.63) is 42.2 Å². The molecule has 3 atom stereocenters. The van der Waals surface area contributed by atoms with Gasteiger partial charge in [-0.05, 0) is 28.8 Å². The van der Waals surface area contributed by atoms with Crippen LogP contribution in [-0.4, -0.2) is 61.5 Å². The van der Waals surface area contributed by atoms with Crippen LogP contribution in [0.2, 0.25) is 0 Å². The summed E-state index contributed by atoms with van der Waals surface area (Å²) in [5.41, 5.74) is 1.18. The molecule has 2 amide bonds. The van der Waals surface area contributed by atoms with Gasteiger partial charge in [0, 0.05) is 37.4 Å². The van der Waals surface area contributed by atoms with Gasteiger partial charge in [-0.15, -0.1) is 5.10 Å². The Morgan fingerprint density at radius 1 is 1.07 bits per heavy atom. The third-order valence-corrected chi connectivity index (χ3v) is 6.58. The Labute approximate surface area is 163 Å². The van der Waals surface area contributed by atoms with Crippen LogP contribution in [0, 0.1) is 17.8 Å². The molecule has 2 saturated heterocycles. The lowest BCUT2D eigenvalue weighted by atomic mass is 9.83. The molecular formula is C20H24N6O2. The van der Waals surface area contributed by atoms with Crippen LogP contribution < -0.4 is 0 Å². The van der Waals surface area contributed by atoms with E-state index in [1.165, 1.54) is 16.6 Å². The molecule has 5 rings (SSSR count). The molecule has 28 heavy (non-hydrogen) atoms. The summed E-state index contributed by atoms with van der Waals surface area (Å²) < 4.78 is 1.46. The van der Waals surface area contributed by atoms with E-state index in [9.17, 15) is 9.59 Å². The van der Waals surface area contributed by atoms with Gasteiger partial charge >= 0.3 is 0 Å². The Morgan fingerprint density at radius 3 is 2.57 bits per heavy atom. The first-order valence-corrected chi connectivity index (χ1v) is 10.0. The fraction of sp³-hybridized carbons (Fsp3) is 0.550. The molecule has 2 aromatic rings. The molecule has 0 bridgehead atoms. The molecule has 0 radical (unpaired) electrons. The number of rotatable bonds is 4. The lowest BCUT2D eigenvalue weighted by molar-refractivity contribution is -0.140. The molecule has 3 fully saturated rings. The van der Waals surface area contributed by atoms with Gasteiger partial charge in [-0.25, -0.2) is 4.68 Å². The molecule has 146 valence electrons. The van der Waals surface area contributed by atoms with E-state index in [1.54, 1.807) is 0 Å². The zero-order valence-electron chi connectivity index (χ0n) is 15.7. The van der Waals surface area contributed by atoms with Gasteiger partial charge in [-0.3, -0.25) is 9.59 Å². The molecule has 0 spiro atoms. The second kappa shape index (κ2) is 7.00. The summed E-state index contributed by atoms with van der Waals surface area (Å²) >= 11 is 0. The smallest absolute Gasteiger partial charge is 0.244 e. The Kier molecular flexibility index (Phi) is 4.33. The van der Waals surface area contributed by atoms with Gasteiger partial charge in [0.2, 0.25) is 11.8 Å². The van der Waals surface area contributed by atoms with Crippen LogP contribution in [0.1, 0.15) is 30.9 Å². The van der Waals surface area contributed by atoms with Crippen molar-refractivity contribution in [3.8, 4) is 0 Å². The van der Waals surface area contributed by atoms with Crippen LogP contribution in [-0.2, 0) is 16.1 Å². The van der Waals surface area contributed by atoms with Crippen molar-refractivity contribution >= 4 is 11.8 Å². The number of nitrogens with zero attached hydrogens (tertiary/aromatic N) is 6. The fourth-order valence-electron chi connectivity index (χ4n) is 4.93. The van der Waals surface area contributed by atoms with E-state index < -0.39 is 0 Å². The highest BCUT2D eigenvalue weighted by Crippen LogP contribution is 2.46. The molecule has 3 heterocycles. The van der Waals surface area contributed by atoms with Crippen LogP contribution in [0.3, 0.4) is 0 Å². The predicted octanol–water partition coefficient (Wildman–Crippen LogP) is 1.13. The summed E-state index contributed by atoms with van der Waals surface area (Å²) in [6.07, 6.45) is 4.65. The van der Waals surface area contributed by atoms with E-state index in [0.29, 0.717) is 24.9 Å². The Morgan fingerprint density at radius 2 is 1.89 bits per heavy atom. The first-order valence-electron chi connectivity index (χ1n) is 10.0. The number of hydrogen-bond acceptors (Lipinski definition) is 5. The zero-order valence-corrected chi connectivity index (χ0v) is 15.7. The van der Waals surface area contributed by atoms with Crippen LogP contribution in [0.5, 0.6) is 0 Å². The fourth-order valence-corrected chi connectivity index (χ4v) is 4.93. The molecule has 0 N–H and O–H groups in total. The van der Waals surface area contributed by atoms with Gasteiger partial charge in [-0.2, -0.15) is 0 Å². The van der Waals surface area contributed by atoms with Crippen molar-refractivity contribution in [2.75, 3.05) is 19.6 Å². The number of benzene rings is 1. The normalized spacial score (nSPS) is 26.9. The van der Waals surface area contributed by atoms with Gasteiger partial charge in [0.25, 0.3) is 0 Å². The highest BCUT2D eigenvalue weighted by Gasteiger charge is 2.51. The molecule has 1 saturated carbocycles. The molecule has 8 heteroatoms. The standard InChI is InChI=1S/C20H24N6O2/c27-18(12-25-13-21-22-23-25)24-9-16-10-26(20(28)15-7-4-8-15)19(17(16)11-24)14-5-2-1-3-6-14/h1-3,5-6,13,15-17,19H,4,7-12H2/t16-,17-,19+/m0/s1. The number of likely N-dealkylation sites (tertiary alicyclic amines) is 2. The summed E-state index contributed by atoms with van der Waals surface area (Å²) in [4.78, 5) is 29.8. The Balaban J connectivity index is 1.36. The topological polar surface area (TPSA) is 84.2 Å². The summed E-state index contributed by atoms with van der Waals surface area (Å²) in [6, 6.07) is 10.4. The van der Waals surface area contributed by atoms with Crippen LogP contribution >= 0.6 is 0 Å². The van der Waals surface area contributed by atoms with Crippen molar-refractivity contribution < 1.29 is 9.59 Å². The lowest BCUT2D eigenvalue weighted by Gasteiger charge is -2.35. The predicted molar refractivity (Wildman–Crippen MR) is 99.6 cm³/mol. The van der Waals surface area contributed by atoms with E-state index in [4.69, 9.17) is 0 Å². The van der Waals surface area contributed by atoms with Gasteiger partial charge < -0.3 is 9.80 Å². The average molecular weight is 380 g/mol. The summed E-state index contributed by atoms with van der Waals surface area (Å²) in [6.45, 7) is 2.28. The highest BCUT2D eigenvalue weighted by atomic mass is 16.2. The number of tetrazole rings is 1. The number of carbonyl (C=O) groups excluding carboxylic acids is 2. The van der Waals surface area contributed by atoms with Gasteiger partial charge in [0.05, 0.1) is 6.04 Å². The van der Waals surface area contributed by atoms with Crippen LogP contribution in [0.15, 0.2) is 36.7 Å². The van der Waals surface area contributed by atoms with Crippen molar-refractivity contribution in [2.24, 2.45) is 17.8 Å². The first kappa shape index (κ1) is 17.3. The maximum absolute atomic E-state index is 13.1. The molecule has 1 aromatic carbocycles. The van der Waals surface area contributed by atoms with Crippen LogP contribution in [0.25, 0.3) is 0 Å². The quantitative estimate of drug-likeness (QED) is 0.794. The number of amides is 2. The van der Waals surface area contributed by atoms with E-state index in [0.717, 1.165) is 25.8 Å². The minimum Gasteiger partial charge on any atom is -0.340 e. The van der Waals surface area contributed by atoms with Crippen LogP contribution in [0.4, 0.5) is 0 Å². The summed E-state index contributed by atoms with van der Waals surface area (Å²) in [5.74, 6) is 1.14. The molecule has 1 aromatic heterocycles. The second-order valence-corrected chi connectivity index (χ2v) is 8.20. The molecule has 0 unspecified atom stereocenters.